The Morgan fingerprint density at radius 3 is 2.41 bits per heavy atom. The molecule has 0 aliphatic carbocycles. The van der Waals surface area contributed by atoms with E-state index >= 15 is 0 Å². The lowest BCUT2D eigenvalue weighted by atomic mass is 9.87. The minimum Gasteiger partial charge on any atom is -0.506 e. The zero-order valence-corrected chi connectivity index (χ0v) is 11.5. The van der Waals surface area contributed by atoms with Gasteiger partial charge in [-0.3, -0.25) is 4.90 Å². The molecule has 0 aliphatic heterocycles. The zero-order valence-electron chi connectivity index (χ0n) is 11.5. The second kappa shape index (κ2) is 4.96. The molecule has 3 nitrogen and oxygen atoms in total. The van der Waals surface area contributed by atoms with Crippen LogP contribution in [0.15, 0.2) is 18.2 Å². The maximum atomic E-state index is 9.38. The van der Waals surface area contributed by atoms with Gasteiger partial charge in [-0.05, 0) is 37.1 Å². The Bertz CT molecular complexity index is 382. The van der Waals surface area contributed by atoms with Gasteiger partial charge in [0.2, 0.25) is 0 Å². The SMILES string of the molecule is CC(N(C)Cc1ccc(O)c(N)c1)C(C)(C)C. The fraction of sp³-hybridized carbons (Fsp3) is 0.571. The lowest BCUT2D eigenvalue weighted by Crippen LogP contribution is -2.38. The number of hydrogen-bond acceptors (Lipinski definition) is 3. The number of rotatable bonds is 3. The molecule has 3 N–H and O–H groups in total. The highest BCUT2D eigenvalue weighted by molar-refractivity contribution is 5.53. The summed E-state index contributed by atoms with van der Waals surface area (Å²) >= 11 is 0. The van der Waals surface area contributed by atoms with Crippen LogP contribution < -0.4 is 5.73 Å². The number of nitrogen functional groups attached to an aromatic ring is 1. The van der Waals surface area contributed by atoms with Crippen LogP contribution in [0.1, 0.15) is 33.3 Å². The van der Waals surface area contributed by atoms with E-state index in [1.54, 1.807) is 6.07 Å². The van der Waals surface area contributed by atoms with Crippen LogP contribution >= 0.6 is 0 Å². The van der Waals surface area contributed by atoms with Crippen molar-refractivity contribution < 1.29 is 5.11 Å². The van der Waals surface area contributed by atoms with Crippen molar-refractivity contribution in [1.82, 2.24) is 4.90 Å². The zero-order chi connectivity index (χ0) is 13.2. The summed E-state index contributed by atoms with van der Waals surface area (Å²) in [5.41, 5.74) is 7.50. The molecule has 0 amide bonds. The van der Waals surface area contributed by atoms with Gasteiger partial charge in [0, 0.05) is 12.6 Å². The smallest absolute Gasteiger partial charge is 0.138 e. The van der Waals surface area contributed by atoms with E-state index in [1.165, 1.54) is 0 Å². The van der Waals surface area contributed by atoms with Crippen LogP contribution in [0.5, 0.6) is 5.75 Å². The van der Waals surface area contributed by atoms with E-state index in [2.05, 4.69) is 39.6 Å². The Labute approximate surface area is 104 Å². The van der Waals surface area contributed by atoms with Crippen LogP contribution in [0.2, 0.25) is 0 Å². The van der Waals surface area contributed by atoms with E-state index in [0.717, 1.165) is 12.1 Å². The molecule has 0 bridgehead atoms. The number of aromatic hydroxyl groups is 1. The number of nitrogens with two attached hydrogens (primary N) is 1. The van der Waals surface area contributed by atoms with Crippen molar-refractivity contribution in [2.24, 2.45) is 5.41 Å². The van der Waals surface area contributed by atoms with E-state index in [1.807, 2.05) is 12.1 Å². The molecule has 0 heterocycles. The molecular formula is C14H24N2O. The maximum Gasteiger partial charge on any atom is 0.138 e. The van der Waals surface area contributed by atoms with Crippen LogP contribution in [-0.4, -0.2) is 23.1 Å². The molecule has 0 radical (unpaired) electrons. The summed E-state index contributed by atoms with van der Waals surface area (Å²) in [5, 5.41) is 9.38. The summed E-state index contributed by atoms with van der Waals surface area (Å²) < 4.78 is 0. The van der Waals surface area contributed by atoms with Crippen molar-refractivity contribution in [3.8, 4) is 5.75 Å². The van der Waals surface area contributed by atoms with E-state index in [-0.39, 0.29) is 11.2 Å². The fourth-order valence-corrected chi connectivity index (χ4v) is 1.79. The van der Waals surface area contributed by atoms with Crippen LogP contribution in [0.3, 0.4) is 0 Å². The van der Waals surface area contributed by atoms with Gasteiger partial charge in [-0.15, -0.1) is 0 Å². The van der Waals surface area contributed by atoms with Crippen molar-refractivity contribution in [2.45, 2.75) is 40.3 Å². The van der Waals surface area contributed by atoms with Gasteiger partial charge in [0.25, 0.3) is 0 Å². The second-order valence-electron chi connectivity index (χ2n) is 5.85. The molecule has 0 saturated carbocycles. The molecular weight excluding hydrogens is 212 g/mol. The Morgan fingerprint density at radius 1 is 1.35 bits per heavy atom. The third-order valence-electron chi connectivity index (χ3n) is 3.44. The third-order valence-corrected chi connectivity index (χ3v) is 3.44. The summed E-state index contributed by atoms with van der Waals surface area (Å²) in [6.07, 6.45) is 0. The highest BCUT2D eigenvalue weighted by Gasteiger charge is 2.23. The van der Waals surface area contributed by atoms with Gasteiger partial charge in [-0.25, -0.2) is 0 Å². The third kappa shape index (κ3) is 3.63. The first-order valence-electron chi connectivity index (χ1n) is 5.99. The average molecular weight is 236 g/mol. The quantitative estimate of drug-likeness (QED) is 0.626. The number of benzene rings is 1. The Hall–Kier alpha value is -1.22. The van der Waals surface area contributed by atoms with Crippen molar-refractivity contribution in [1.29, 1.82) is 0 Å². The fourth-order valence-electron chi connectivity index (χ4n) is 1.79. The van der Waals surface area contributed by atoms with Gasteiger partial charge >= 0.3 is 0 Å². The molecule has 0 saturated heterocycles. The van der Waals surface area contributed by atoms with E-state index in [9.17, 15) is 5.11 Å². The molecule has 0 aromatic heterocycles. The summed E-state index contributed by atoms with van der Waals surface area (Å²) in [6, 6.07) is 5.87. The van der Waals surface area contributed by atoms with Crippen molar-refractivity contribution in [3.05, 3.63) is 23.8 Å². The first kappa shape index (κ1) is 13.8. The summed E-state index contributed by atoms with van der Waals surface area (Å²) in [7, 11) is 2.11. The number of phenolic OH excluding ortho intramolecular Hbond substituents is 1. The molecule has 96 valence electrons. The molecule has 0 aliphatic rings. The largest absolute Gasteiger partial charge is 0.506 e. The van der Waals surface area contributed by atoms with E-state index in [4.69, 9.17) is 5.73 Å². The lowest BCUT2D eigenvalue weighted by molar-refractivity contribution is 0.134. The molecule has 3 heteroatoms. The van der Waals surface area contributed by atoms with Gasteiger partial charge < -0.3 is 10.8 Å². The maximum absolute atomic E-state index is 9.38. The van der Waals surface area contributed by atoms with Crippen LogP contribution in [-0.2, 0) is 6.54 Å². The monoisotopic (exact) mass is 236 g/mol. The molecule has 0 fully saturated rings. The van der Waals surface area contributed by atoms with Crippen LogP contribution in [0.25, 0.3) is 0 Å². The Kier molecular flexibility index (Phi) is 4.04. The van der Waals surface area contributed by atoms with Gasteiger partial charge in [-0.2, -0.15) is 0 Å². The predicted molar refractivity (Wildman–Crippen MR) is 72.9 cm³/mol. The minimum absolute atomic E-state index is 0.153. The first-order valence-corrected chi connectivity index (χ1v) is 5.99. The predicted octanol–water partition coefficient (Wildman–Crippen LogP) is 2.84. The molecule has 1 unspecified atom stereocenters. The number of phenols is 1. The highest BCUT2D eigenvalue weighted by atomic mass is 16.3. The van der Waals surface area contributed by atoms with Gasteiger partial charge in [-0.1, -0.05) is 26.8 Å². The van der Waals surface area contributed by atoms with Gasteiger partial charge in [0.15, 0.2) is 0 Å². The summed E-state index contributed by atoms with van der Waals surface area (Å²) in [5.74, 6) is 0.153. The van der Waals surface area contributed by atoms with Crippen LogP contribution in [0, 0.1) is 5.41 Å². The van der Waals surface area contributed by atoms with Gasteiger partial charge in [0.1, 0.15) is 5.75 Å². The van der Waals surface area contributed by atoms with Crippen molar-refractivity contribution in [3.63, 3.8) is 0 Å². The standard InChI is InChI=1S/C14H24N2O/c1-10(14(2,3)4)16(5)9-11-6-7-13(17)12(15)8-11/h6-8,10,17H,9,15H2,1-5H3. The average Bonchev–Trinajstić information content (AvgIpc) is 2.21. The van der Waals surface area contributed by atoms with E-state index < -0.39 is 0 Å². The summed E-state index contributed by atoms with van der Waals surface area (Å²) in [6.45, 7) is 9.77. The van der Waals surface area contributed by atoms with Crippen molar-refractivity contribution >= 4 is 5.69 Å². The van der Waals surface area contributed by atoms with Gasteiger partial charge in [0.05, 0.1) is 5.69 Å². The minimum atomic E-state index is 0.153. The Morgan fingerprint density at radius 2 is 1.94 bits per heavy atom. The number of anilines is 1. The molecule has 1 rings (SSSR count). The highest BCUT2D eigenvalue weighted by Crippen LogP contribution is 2.26. The summed E-state index contributed by atoms with van der Waals surface area (Å²) in [4.78, 5) is 2.30. The Balaban J connectivity index is 2.74. The molecule has 0 spiro atoms. The van der Waals surface area contributed by atoms with Crippen LogP contribution in [0.4, 0.5) is 5.69 Å². The molecule has 17 heavy (non-hydrogen) atoms. The topological polar surface area (TPSA) is 49.5 Å². The molecule has 1 aromatic carbocycles. The van der Waals surface area contributed by atoms with E-state index in [0.29, 0.717) is 11.7 Å². The number of nitrogens with zero attached hydrogens (tertiary/aromatic N) is 1. The second-order valence-corrected chi connectivity index (χ2v) is 5.85. The van der Waals surface area contributed by atoms with Crippen molar-refractivity contribution in [2.75, 3.05) is 12.8 Å². The first-order chi connectivity index (χ1) is 7.71. The molecule has 1 aromatic rings. The number of hydrogen-bond donors (Lipinski definition) is 2. The molecule has 1 atom stereocenters. The normalized spacial score (nSPS) is 14.0. The lowest BCUT2D eigenvalue weighted by Gasteiger charge is -2.35.